The number of amides is 2. The molecular weight excluding hydrogens is 218 g/mol. The Morgan fingerprint density at radius 2 is 2.24 bits per heavy atom. The highest BCUT2D eigenvalue weighted by atomic mass is 16.2. The van der Waals surface area contributed by atoms with Gasteiger partial charge in [0.1, 0.15) is 0 Å². The van der Waals surface area contributed by atoms with Gasteiger partial charge in [-0.05, 0) is 31.7 Å². The van der Waals surface area contributed by atoms with Gasteiger partial charge in [0.05, 0.1) is 6.54 Å². The van der Waals surface area contributed by atoms with Crippen molar-refractivity contribution in [1.82, 2.24) is 10.2 Å². The molecule has 2 aliphatic rings. The van der Waals surface area contributed by atoms with Crippen molar-refractivity contribution in [2.75, 3.05) is 19.6 Å². The fourth-order valence-corrected chi connectivity index (χ4v) is 2.81. The fraction of sp³-hybridized carbons (Fsp3) is 0.833. The molecule has 2 amide bonds. The van der Waals surface area contributed by atoms with E-state index in [1.807, 2.05) is 0 Å². The van der Waals surface area contributed by atoms with Gasteiger partial charge in [0, 0.05) is 19.0 Å². The van der Waals surface area contributed by atoms with Crippen LogP contribution in [0.25, 0.3) is 0 Å². The zero-order chi connectivity index (χ0) is 12.3. The summed E-state index contributed by atoms with van der Waals surface area (Å²) in [6.45, 7) is 1.57. The molecule has 1 saturated carbocycles. The molecule has 1 heterocycles. The summed E-state index contributed by atoms with van der Waals surface area (Å²) < 4.78 is 0. The average Bonchev–Trinajstić information content (AvgIpc) is 2.89. The second kappa shape index (κ2) is 5.49. The SMILES string of the molecule is NCC1CCCC1NC(=O)CN1CCCC1=O. The summed E-state index contributed by atoms with van der Waals surface area (Å²) in [5, 5.41) is 3.01. The number of rotatable bonds is 4. The van der Waals surface area contributed by atoms with E-state index in [1.165, 1.54) is 0 Å². The molecule has 96 valence electrons. The van der Waals surface area contributed by atoms with E-state index < -0.39 is 0 Å². The molecule has 5 nitrogen and oxygen atoms in total. The Balaban J connectivity index is 1.78. The van der Waals surface area contributed by atoms with E-state index in [9.17, 15) is 9.59 Å². The largest absolute Gasteiger partial charge is 0.352 e. The zero-order valence-corrected chi connectivity index (χ0v) is 10.2. The number of carbonyl (C=O) groups excluding carboxylic acids is 2. The standard InChI is InChI=1S/C12H21N3O2/c13-7-9-3-1-4-10(9)14-11(16)8-15-6-2-5-12(15)17/h9-10H,1-8,13H2,(H,14,16). The Labute approximate surface area is 102 Å². The van der Waals surface area contributed by atoms with Crippen molar-refractivity contribution in [3.63, 3.8) is 0 Å². The lowest BCUT2D eigenvalue weighted by atomic mass is 10.0. The maximum Gasteiger partial charge on any atom is 0.239 e. The minimum atomic E-state index is -0.0365. The summed E-state index contributed by atoms with van der Waals surface area (Å²) in [7, 11) is 0. The molecule has 2 rings (SSSR count). The summed E-state index contributed by atoms with van der Waals surface area (Å²) in [6, 6.07) is 0.213. The quantitative estimate of drug-likeness (QED) is 0.716. The maximum atomic E-state index is 11.8. The summed E-state index contributed by atoms with van der Waals surface area (Å²) in [4.78, 5) is 24.9. The van der Waals surface area contributed by atoms with Crippen LogP contribution in [0.4, 0.5) is 0 Å². The van der Waals surface area contributed by atoms with Gasteiger partial charge in [-0.15, -0.1) is 0 Å². The van der Waals surface area contributed by atoms with Crippen LogP contribution in [-0.2, 0) is 9.59 Å². The molecular formula is C12H21N3O2. The summed E-state index contributed by atoms with van der Waals surface area (Å²) in [5.74, 6) is 0.473. The number of nitrogens with zero attached hydrogens (tertiary/aromatic N) is 1. The third kappa shape index (κ3) is 2.97. The van der Waals surface area contributed by atoms with Gasteiger partial charge in [-0.2, -0.15) is 0 Å². The monoisotopic (exact) mass is 239 g/mol. The molecule has 0 aromatic carbocycles. The Kier molecular flexibility index (Phi) is 3.99. The molecule has 3 N–H and O–H groups in total. The molecule has 2 fully saturated rings. The van der Waals surface area contributed by atoms with Crippen LogP contribution in [-0.4, -0.2) is 42.4 Å². The number of likely N-dealkylation sites (tertiary alicyclic amines) is 1. The zero-order valence-electron chi connectivity index (χ0n) is 10.2. The van der Waals surface area contributed by atoms with Crippen LogP contribution in [0.1, 0.15) is 32.1 Å². The minimum Gasteiger partial charge on any atom is -0.352 e. The first-order valence-electron chi connectivity index (χ1n) is 6.48. The van der Waals surface area contributed by atoms with E-state index in [0.717, 1.165) is 32.2 Å². The van der Waals surface area contributed by atoms with E-state index in [2.05, 4.69) is 5.32 Å². The fourth-order valence-electron chi connectivity index (χ4n) is 2.81. The van der Waals surface area contributed by atoms with E-state index >= 15 is 0 Å². The van der Waals surface area contributed by atoms with Gasteiger partial charge in [-0.1, -0.05) is 6.42 Å². The van der Waals surface area contributed by atoms with Crippen molar-refractivity contribution in [3.05, 3.63) is 0 Å². The number of nitrogens with two attached hydrogens (primary N) is 1. The van der Waals surface area contributed by atoms with Crippen molar-refractivity contribution in [1.29, 1.82) is 0 Å². The van der Waals surface area contributed by atoms with E-state index in [0.29, 0.717) is 18.9 Å². The van der Waals surface area contributed by atoms with Gasteiger partial charge in [0.25, 0.3) is 0 Å². The predicted octanol–water partition coefficient (Wildman–Crippen LogP) is -0.148. The molecule has 2 atom stereocenters. The van der Waals surface area contributed by atoms with Crippen molar-refractivity contribution in [2.24, 2.45) is 11.7 Å². The third-order valence-corrected chi connectivity index (χ3v) is 3.81. The molecule has 0 aromatic rings. The second-order valence-corrected chi connectivity index (χ2v) is 5.02. The summed E-state index contributed by atoms with van der Waals surface area (Å²) in [6.07, 6.45) is 4.71. The van der Waals surface area contributed by atoms with Gasteiger partial charge < -0.3 is 16.0 Å². The van der Waals surface area contributed by atoms with Crippen molar-refractivity contribution >= 4 is 11.8 Å². The van der Waals surface area contributed by atoms with E-state index in [4.69, 9.17) is 5.73 Å². The molecule has 0 bridgehead atoms. The minimum absolute atomic E-state index is 0.0365. The molecule has 2 unspecified atom stereocenters. The smallest absolute Gasteiger partial charge is 0.239 e. The first-order chi connectivity index (χ1) is 8.20. The molecule has 17 heavy (non-hydrogen) atoms. The van der Waals surface area contributed by atoms with Crippen LogP contribution in [0.2, 0.25) is 0 Å². The molecule has 1 saturated heterocycles. The molecule has 0 spiro atoms. The van der Waals surface area contributed by atoms with Crippen molar-refractivity contribution in [2.45, 2.75) is 38.1 Å². The van der Waals surface area contributed by atoms with Gasteiger partial charge in [-0.25, -0.2) is 0 Å². The third-order valence-electron chi connectivity index (χ3n) is 3.81. The lowest BCUT2D eigenvalue weighted by molar-refractivity contribution is -0.133. The van der Waals surface area contributed by atoms with Crippen LogP contribution in [0, 0.1) is 5.92 Å². The second-order valence-electron chi connectivity index (χ2n) is 5.02. The lowest BCUT2D eigenvalue weighted by Gasteiger charge is -2.21. The highest BCUT2D eigenvalue weighted by Crippen LogP contribution is 2.24. The van der Waals surface area contributed by atoms with Crippen LogP contribution in [0.3, 0.4) is 0 Å². The Morgan fingerprint density at radius 3 is 2.88 bits per heavy atom. The van der Waals surface area contributed by atoms with Crippen molar-refractivity contribution in [3.8, 4) is 0 Å². The summed E-state index contributed by atoms with van der Waals surface area (Å²) >= 11 is 0. The normalized spacial score (nSPS) is 28.8. The lowest BCUT2D eigenvalue weighted by Crippen LogP contribution is -2.45. The van der Waals surface area contributed by atoms with Crippen LogP contribution in [0.5, 0.6) is 0 Å². The molecule has 1 aliphatic heterocycles. The maximum absolute atomic E-state index is 11.8. The number of nitrogens with one attached hydrogen (secondary N) is 1. The van der Waals surface area contributed by atoms with Crippen molar-refractivity contribution < 1.29 is 9.59 Å². The first kappa shape index (κ1) is 12.4. The Hall–Kier alpha value is -1.10. The van der Waals surface area contributed by atoms with E-state index in [-0.39, 0.29) is 24.4 Å². The first-order valence-corrected chi connectivity index (χ1v) is 6.48. The summed E-state index contributed by atoms with van der Waals surface area (Å²) in [5.41, 5.74) is 5.67. The topological polar surface area (TPSA) is 75.4 Å². The average molecular weight is 239 g/mol. The Morgan fingerprint density at radius 1 is 1.41 bits per heavy atom. The van der Waals surface area contributed by atoms with Crippen LogP contribution in [0.15, 0.2) is 0 Å². The molecule has 1 aliphatic carbocycles. The van der Waals surface area contributed by atoms with Gasteiger partial charge in [-0.3, -0.25) is 9.59 Å². The number of hydrogen-bond acceptors (Lipinski definition) is 3. The Bertz CT molecular complexity index is 306. The van der Waals surface area contributed by atoms with Gasteiger partial charge in [0.15, 0.2) is 0 Å². The van der Waals surface area contributed by atoms with Crippen LogP contribution < -0.4 is 11.1 Å². The predicted molar refractivity (Wildman–Crippen MR) is 64.1 cm³/mol. The van der Waals surface area contributed by atoms with Gasteiger partial charge in [0.2, 0.25) is 11.8 Å². The van der Waals surface area contributed by atoms with E-state index in [1.54, 1.807) is 4.90 Å². The number of carbonyl (C=O) groups is 2. The highest BCUT2D eigenvalue weighted by molar-refractivity contribution is 5.85. The molecule has 0 radical (unpaired) electrons. The molecule has 0 aromatic heterocycles. The number of hydrogen-bond donors (Lipinski definition) is 2. The van der Waals surface area contributed by atoms with Crippen LogP contribution >= 0.6 is 0 Å². The highest BCUT2D eigenvalue weighted by Gasteiger charge is 2.29. The molecule has 5 heteroatoms. The van der Waals surface area contributed by atoms with Gasteiger partial charge >= 0.3 is 0 Å².